The molecule has 0 aromatic heterocycles. The molecule has 0 saturated heterocycles. The van der Waals surface area contributed by atoms with Crippen molar-refractivity contribution in [3.05, 3.63) is 48.0 Å². The van der Waals surface area contributed by atoms with Crippen molar-refractivity contribution in [2.75, 3.05) is 6.61 Å². The molecule has 1 rings (SSSR count). The van der Waals surface area contributed by atoms with Crippen LogP contribution in [0.3, 0.4) is 0 Å². The lowest BCUT2D eigenvalue weighted by atomic mass is 10.1. The molecule has 0 radical (unpaired) electrons. The molecule has 0 aliphatic rings. The number of ether oxygens (including phenoxy) is 2. The van der Waals surface area contributed by atoms with Gasteiger partial charge in [0.15, 0.2) is 0 Å². The molecule has 0 aliphatic heterocycles. The zero-order chi connectivity index (χ0) is 13.6. The van der Waals surface area contributed by atoms with Gasteiger partial charge in [0.2, 0.25) is 0 Å². The van der Waals surface area contributed by atoms with Crippen LogP contribution in [0.15, 0.2) is 36.9 Å². The maximum Gasteiger partial charge on any atom is 0.333 e. The first-order chi connectivity index (χ1) is 8.57. The highest BCUT2D eigenvalue weighted by atomic mass is 35.5. The lowest BCUT2D eigenvalue weighted by Gasteiger charge is -2.27. The minimum Gasteiger partial charge on any atom is -0.411 e. The molecule has 0 bridgehead atoms. The monoisotopic (exact) mass is 269 g/mol. The summed E-state index contributed by atoms with van der Waals surface area (Å²) in [5, 5.41) is -1.67. The summed E-state index contributed by atoms with van der Waals surface area (Å²) < 4.78 is 10.4. The van der Waals surface area contributed by atoms with Crippen molar-refractivity contribution in [1.29, 1.82) is 0 Å². The van der Waals surface area contributed by atoms with Crippen LogP contribution >= 0.6 is 11.6 Å². The number of halogens is 1. The summed E-state index contributed by atoms with van der Waals surface area (Å²) in [5.74, 6) is -0.662. The molecule has 0 fully saturated rings. The maximum absolute atomic E-state index is 11.3. The second-order valence-corrected chi connectivity index (χ2v) is 3.95. The van der Waals surface area contributed by atoms with Crippen molar-refractivity contribution in [2.45, 2.75) is 18.7 Å². The zero-order valence-corrected chi connectivity index (χ0v) is 10.9. The van der Waals surface area contributed by atoms with Crippen molar-refractivity contribution in [1.82, 2.24) is 0 Å². The molecule has 0 saturated carbocycles. The number of benzene rings is 1. The van der Waals surface area contributed by atoms with Crippen molar-refractivity contribution < 1.29 is 14.3 Å². The van der Waals surface area contributed by atoms with Crippen LogP contribution in [-0.4, -0.2) is 12.6 Å². The average molecular weight is 270 g/mol. The van der Waals surface area contributed by atoms with Gasteiger partial charge in [-0.3, -0.25) is 0 Å². The van der Waals surface area contributed by atoms with E-state index >= 15 is 0 Å². The summed E-state index contributed by atoms with van der Waals surface area (Å²) in [4.78, 5) is 11.3. The van der Waals surface area contributed by atoms with Gasteiger partial charge in [-0.05, 0) is 24.1 Å². The number of hydrogen-bond acceptors (Lipinski definition) is 4. The van der Waals surface area contributed by atoms with Gasteiger partial charge in [0.05, 0.1) is 0 Å². The van der Waals surface area contributed by atoms with Crippen molar-refractivity contribution in [3.63, 3.8) is 0 Å². The molecule has 98 valence electrons. The minimum absolute atomic E-state index is 0.267. The van der Waals surface area contributed by atoms with Gasteiger partial charge < -0.3 is 15.2 Å². The Balaban J connectivity index is 3.16. The first-order valence-corrected chi connectivity index (χ1v) is 5.92. The molecule has 1 aromatic rings. The molecule has 18 heavy (non-hydrogen) atoms. The number of rotatable bonds is 6. The van der Waals surface area contributed by atoms with Gasteiger partial charge in [-0.1, -0.05) is 30.8 Å². The van der Waals surface area contributed by atoms with Gasteiger partial charge in [0, 0.05) is 24.8 Å². The van der Waals surface area contributed by atoms with E-state index in [0.29, 0.717) is 5.56 Å². The van der Waals surface area contributed by atoms with Crippen LogP contribution in [0, 0.1) is 0 Å². The van der Waals surface area contributed by atoms with Crippen LogP contribution in [0.2, 0.25) is 0 Å². The summed E-state index contributed by atoms with van der Waals surface area (Å²) in [6.45, 7) is 5.63. The van der Waals surface area contributed by atoms with Crippen LogP contribution in [0.1, 0.15) is 18.1 Å². The Morgan fingerprint density at radius 3 is 2.78 bits per heavy atom. The fraction of sp³-hybridized carbons (Fsp3) is 0.308. The second-order valence-electron chi connectivity index (χ2n) is 3.46. The third-order valence-electron chi connectivity index (χ3n) is 2.29. The molecule has 2 N–H and O–H groups in total. The van der Waals surface area contributed by atoms with E-state index in [1.165, 1.54) is 0 Å². The third-order valence-corrected chi connectivity index (χ3v) is 2.68. The largest absolute Gasteiger partial charge is 0.411 e. The van der Waals surface area contributed by atoms with Gasteiger partial charge in [-0.15, -0.1) is 0 Å². The van der Waals surface area contributed by atoms with Crippen molar-refractivity contribution >= 4 is 17.6 Å². The summed E-state index contributed by atoms with van der Waals surface area (Å²) in [7, 11) is 0. The Bertz CT molecular complexity index is 436. The Hall–Kier alpha value is -1.36. The lowest BCUT2D eigenvalue weighted by molar-refractivity contribution is -0.192. The fourth-order valence-electron chi connectivity index (χ4n) is 1.51. The normalized spacial score (nSPS) is 13.7. The molecule has 4 nitrogen and oxygen atoms in total. The van der Waals surface area contributed by atoms with Gasteiger partial charge in [-0.25, -0.2) is 4.79 Å². The van der Waals surface area contributed by atoms with E-state index in [2.05, 4.69) is 6.58 Å². The Morgan fingerprint density at radius 1 is 1.56 bits per heavy atom. The van der Waals surface area contributed by atoms with E-state index in [0.717, 1.165) is 11.6 Å². The van der Waals surface area contributed by atoms with Crippen LogP contribution in [0.4, 0.5) is 0 Å². The number of carbonyl (C=O) groups excluding carboxylic acids is 1. The summed E-state index contributed by atoms with van der Waals surface area (Å²) in [6, 6.07) is 7.10. The van der Waals surface area contributed by atoms with Gasteiger partial charge >= 0.3 is 11.2 Å². The third kappa shape index (κ3) is 3.32. The standard InChI is InChI=1S/C13H16ClNO3/c1-3-12(16)18-13(14,17-4-2)11-8-6-5-7-10(11)9-15/h3,5-8H,1,4,9,15H2,2H3. The van der Waals surface area contributed by atoms with Gasteiger partial charge in [0.25, 0.3) is 0 Å². The Kier molecular flexibility index (Phi) is 5.34. The van der Waals surface area contributed by atoms with E-state index < -0.39 is 11.2 Å². The molecule has 1 unspecified atom stereocenters. The highest BCUT2D eigenvalue weighted by Crippen LogP contribution is 2.34. The quantitative estimate of drug-likeness (QED) is 0.372. The van der Waals surface area contributed by atoms with Crippen LogP contribution in [0.5, 0.6) is 0 Å². The molecule has 0 amide bonds. The lowest BCUT2D eigenvalue weighted by Crippen LogP contribution is -2.31. The van der Waals surface area contributed by atoms with E-state index in [-0.39, 0.29) is 13.2 Å². The molecule has 5 heteroatoms. The van der Waals surface area contributed by atoms with E-state index in [9.17, 15) is 4.79 Å². The molecular weight excluding hydrogens is 254 g/mol. The topological polar surface area (TPSA) is 61.5 Å². The highest BCUT2D eigenvalue weighted by molar-refractivity contribution is 6.22. The average Bonchev–Trinajstić information content (AvgIpc) is 2.38. The number of carbonyl (C=O) groups is 1. The zero-order valence-electron chi connectivity index (χ0n) is 10.2. The fourth-order valence-corrected chi connectivity index (χ4v) is 1.88. The summed E-state index contributed by atoms with van der Waals surface area (Å²) in [6.07, 6.45) is 1.03. The smallest absolute Gasteiger partial charge is 0.333 e. The van der Waals surface area contributed by atoms with Crippen LogP contribution in [-0.2, 0) is 26.1 Å². The molecule has 0 aliphatic carbocycles. The molecule has 1 atom stereocenters. The molecule has 0 spiro atoms. The minimum atomic E-state index is -1.67. The van der Waals surface area contributed by atoms with E-state index in [1.807, 2.05) is 6.07 Å². The molecular formula is C13H16ClNO3. The van der Waals surface area contributed by atoms with Gasteiger partial charge in [0.1, 0.15) is 0 Å². The van der Waals surface area contributed by atoms with Crippen LogP contribution < -0.4 is 5.73 Å². The Morgan fingerprint density at radius 2 is 2.22 bits per heavy atom. The molecule has 0 heterocycles. The van der Waals surface area contributed by atoms with E-state index in [4.69, 9.17) is 26.8 Å². The number of esters is 1. The van der Waals surface area contributed by atoms with Crippen molar-refractivity contribution in [2.24, 2.45) is 5.73 Å². The van der Waals surface area contributed by atoms with Crippen LogP contribution in [0.25, 0.3) is 0 Å². The predicted molar refractivity (Wildman–Crippen MR) is 69.8 cm³/mol. The SMILES string of the molecule is C=CC(=O)OC(Cl)(OCC)c1ccccc1CN. The predicted octanol–water partition coefficient (Wildman–Crippen LogP) is 2.26. The number of nitrogens with two attached hydrogens (primary N) is 1. The number of hydrogen-bond donors (Lipinski definition) is 1. The number of alkyl halides is 1. The Labute approximate surface area is 111 Å². The molecule has 1 aromatic carbocycles. The maximum atomic E-state index is 11.3. The van der Waals surface area contributed by atoms with Crippen molar-refractivity contribution in [3.8, 4) is 0 Å². The van der Waals surface area contributed by atoms with E-state index in [1.54, 1.807) is 25.1 Å². The first kappa shape index (κ1) is 14.7. The second kappa shape index (κ2) is 6.54. The first-order valence-electron chi connectivity index (χ1n) is 5.54. The highest BCUT2D eigenvalue weighted by Gasteiger charge is 2.36. The summed E-state index contributed by atoms with van der Waals surface area (Å²) in [5.41, 5.74) is 6.90. The summed E-state index contributed by atoms with van der Waals surface area (Å²) >= 11 is 6.25. The van der Waals surface area contributed by atoms with Gasteiger partial charge in [-0.2, -0.15) is 0 Å².